The number of hydrogen-bond donors (Lipinski definition) is 3. The number of aliphatic hydroxyl groups excluding tert-OH is 1. The van der Waals surface area contributed by atoms with E-state index in [1.807, 2.05) is 38.1 Å². The summed E-state index contributed by atoms with van der Waals surface area (Å²) in [5.74, 6) is -0.519. The normalized spacial score (nSPS) is 11.6. The summed E-state index contributed by atoms with van der Waals surface area (Å²) >= 11 is 0. The molecule has 2 amide bonds. The average molecular weight is 340 g/mol. The molecule has 0 radical (unpaired) electrons. The lowest BCUT2D eigenvalue weighted by Gasteiger charge is -2.14. The molecule has 2 rings (SSSR count). The van der Waals surface area contributed by atoms with E-state index in [2.05, 4.69) is 10.6 Å². The van der Waals surface area contributed by atoms with E-state index < -0.39 is 6.10 Å². The van der Waals surface area contributed by atoms with Gasteiger partial charge in [0, 0.05) is 24.2 Å². The van der Waals surface area contributed by atoms with Crippen LogP contribution in [0.15, 0.2) is 48.5 Å². The minimum Gasteiger partial charge on any atom is -0.387 e. The number of hydrogen-bond acceptors (Lipinski definition) is 3. The maximum atomic E-state index is 12.3. The van der Waals surface area contributed by atoms with Gasteiger partial charge >= 0.3 is 0 Å². The van der Waals surface area contributed by atoms with Crippen molar-refractivity contribution in [1.82, 2.24) is 10.6 Å². The fraction of sp³-hybridized carbons (Fsp3) is 0.300. The van der Waals surface area contributed by atoms with E-state index in [9.17, 15) is 14.7 Å². The smallest absolute Gasteiger partial charge is 0.251 e. The Kier molecular flexibility index (Phi) is 6.71. The molecular formula is C20H24N2O3. The van der Waals surface area contributed by atoms with Gasteiger partial charge in [0.1, 0.15) is 0 Å². The molecule has 0 fully saturated rings. The Labute approximate surface area is 148 Å². The van der Waals surface area contributed by atoms with E-state index in [4.69, 9.17) is 0 Å². The molecule has 0 saturated heterocycles. The molecule has 1 atom stereocenters. The van der Waals surface area contributed by atoms with E-state index in [0.717, 1.165) is 17.5 Å². The molecule has 0 heterocycles. The number of benzene rings is 2. The summed E-state index contributed by atoms with van der Waals surface area (Å²) in [7, 11) is 0. The van der Waals surface area contributed by atoms with Crippen LogP contribution in [0.2, 0.25) is 0 Å². The van der Waals surface area contributed by atoms with Crippen molar-refractivity contribution in [3.8, 4) is 0 Å². The number of nitrogens with one attached hydrogen (secondary N) is 2. The zero-order chi connectivity index (χ0) is 18.2. The van der Waals surface area contributed by atoms with Gasteiger partial charge in [-0.1, -0.05) is 37.3 Å². The Morgan fingerprint density at radius 1 is 1.00 bits per heavy atom. The van der Waals surface area contributed by atoms with Crippen LogP contribution >= 0.6 is 0 Å². The summed E-state index contributed by atoms with van der Waals surface area (Å²) in [4.78, 5) is 24.3. The lowest BCUT2D eigenvalue weighted by Crippen LogP contribution is -2.29. The van der Waals surface area contributed by atoms with Gasteiger partial charge < -0.3 is 15.7 Å². The summed E-state index contributed by atoms with van der Waals surface area (Å²) in [5.41, 5.74) is 2.59. The summed E-state index contributed by atoms with van der Waals surface area (Å²) < 4.78 is 0. The van der Waals surface area contributed by atoms with Crippen molar-refractivity contribution >= 4 is 11.8 Å². The van der Waals surface area contributed by atoms with Crippen molar-refractivity contribution in [2.24, 2.45) is 0 Å². The van der Waals surface area contributed by atoms with Gasteiger partial charge in [0.05, 0.1) is 6.10 Å². The van der Waals surface area contributed by atoms with E-state index in [1.54, 1.807) is 24.3 Å². The predicted molar refractivity (Wildman–Crippen MR) is 97.5 cm³/mol. The van der Waals surface area contributed by atoms with Crippen LogP contribution in [0.1, 0.15) is 51.3 Å². The summed E-state index contributed by atoms with van der Waals surface area (Å²) in [6.45, 7) is 4.59. The number of rotatable bonds is 7. The highest BCUT2D eigenvalue weighted by molar-refractivity contribution is 5.99. The highest BCUT2D eigenvalue weighted by Crippen LogP contribution is 2.16. The lowest BCUT2D eigenvalue weighted by molar-refractivity contribution is 0.0916. The molecule has 0 bridgehead atoms. The van der Waals surface area contributed by atoms with Crippen molar-refractivity contribution in [2.45, 2.75) is 26.4 Å². The molecule has 5 heteroatoms. The van der Waals surface area contributed by atoms with Crippen LogP contribution in [0.3, 0.4) is 0 Å². The van der Waals surface area contributed by atoms with E-state index in [0.29, 0.717) is 17.7 Å². The number of amides is 2. The Hall–Kier alpha value is -2.66. The average Bonchev–Trinajstić information content (AvgIpc) is 2.64. The van der Waals surface area contributed by atoms with Crippen LogP contribution in [-0.4, -0.2) is 30.0 Å². The van der Waals surface area contributed by atoms with Crippen LogP contribution in [0.5, 0.6) is 0 Å². The molecule has 0 spiro atoms. The molecule has 25 heavy (non-hydrogen) atoms. The topological polar surface area (TPSA) is 78.4 Å². The molecule has 0 aromatic heterocycles. The van der Waals surface area contributed by atoms with Gasteiger partial charge in [0.15, 0.2) is 0 Å². The summed E-state index contributed by atoms with van der Waals surface area (Å²) in [6.07, 6.45) is 0.0732. The van der Waals surface area contributed by atoms with Gasteiger partial charge in [0.25, 0.3) is 11.8 Å². The third-order valence-electron chi connectivity index (χ3n) is 3.93. The van der Waals surface area contributed by atoms with Crippen molar-refractivity contribution in [3.05, 3.63) is 70.8 Å². The standard InChI is InChI=1S/C20H24N2O3/c1-3-11-21-19(24)15-8-6-9-16(12-15)20(25)22-13-18(23)17-10-5-4-7-14(17)2/h4-10,12,18,23H,3,11,13H2,1-2H3,(H,21,24)(H,22,25). The van der Waals surface area contributed by atoms with Crippen molar-refractivity contribution in [3.63, 3.8) is 0 Å². The van der Waals surface area contributed by atoms with Crippen LogP contribution < -0.4 is 10.6 Å². The summed E-state index contributed by atoms with van der Waals surface area (Å²) in [6, 6.07) is 14.1. The first-order valence-electron chi connectivity index (χ1n) is 8.43. The Balaban J connectivity index is 1.99. The summed E-state index contributed by atoms with van der Waals surface area (Å²) in [5, 5.41) is 15.8. The van der Waals surface area contributed by atoms with Gasteiger partial charge in [-0.15, -0.1) is 0 Å². The molecule has 1 unspecified atom stereocenters. The minimum atomic E-state index is -0.777. The SMILES string of the molecule is CCCNC(=O)c1cccc(C(=O)NCC(O)c2ccccc2C)c1. The first-order valence-corrected chi connectivity index (χ1v) is 8.43. The highest BCUT2D eigenvalue weighted by Gasteiger charge is 2.14. The van der Waals surface area contributed by atoms with Gasteiger partial charge in [-0.2, -0.15) is 0 Å². The van der Waals surface area contributed by atoms with E-state index in [-0.39, 0.29) is 18.4 Å². The second-order valence-electron chi connectivity index (χ2n) is 5.92. The number of carbonyl (C=O) groups excluding carboxylic acids is 2. The zero-order valence-electron chi connectivity index (χ0n) is 14.6. The molecule has 132 valence electrons. The molecule has 0 saturated carbocycles. The van der Waals surface area contributed by atoms with Crippen molar-refractivity contribution in [1.29, 1.82) is 0 Å². The fourth-order valence-corrected chi connectivity index (χ4v) is 2.50. The largest absolute Gasteiger partial charge is 0.387 e. The Morgan fingerprint density at radius 2 is 1.64 bits per heavy atom. The molecule has 2 aromatic carbocycles. The third-order valence-corrected chi connectivity index (χ3v) is 3.93. The van der Waals surface area contributed by atoms with Gasteiger partial charge in [-0.05, 0) is 42.7 Å². The quantitative estimate of drug-likeness (QED) is 0.725. The Morgan fingerprint density at radius 3 is 2.28 bits per heavy atom. The van der Waals surface area contributed by atoms with Gasteiger partial charge in [-0.25, -0.2) is 0 Å². The second-order valence-corrected chi connectivity index (χ2v) is 5.92. The Bertz CT molecular complexity index is 743. The second kappa shape index (κ2) is 8.99. The number of aliphatic hydroxyl groups is 1. The first kappa shape index (κ1) is 18.7. The van der Waals surface area contributed by atoms with Gasteiger partial charge in [-0.3, -0.25) is 9.59 Å². The monoisotopic (exact) mass is 340 g/mol. The van der Waals surface area contributed by atoms with Crippen molar-refractivity contribution < 1.29 is 14.7 Å². The van der Waals surface area contributed by atoms with Crippen LogP contribution in [0.25, 0.3) is 0 Å². The molecule has 0 aliphatic carbocycles. The zero-order valence-corrected chi connectivity index (χ0v) is 14.6. The maximum Gasteiger partial charge on any atom is 0.251 e. The third kappa shape index (κ3) is 5.16. The molecule has 0 aliphatic heterocycles. The van der Waals surface area contributed by atoms with Crippen LogP contribution in [0, 0.1) is 6.92 Å². The fourth-order valence-electron chi connectivity index (χ4n) is 2.50. The lowest BCUT2D eigenvalue weighted by atomic mass is 10.0. The minimum absolute atomic E-state index is 0.107. The van der Waals surface area contributed by atoms with E-state index in [1.165, 1.54) is 0 Å². The van der Waals surface area contributed by atoms with Gasteiger partial charge in [0.2, 0.25) is 0 Å². The molecular weight excluding hydrogens is 316 g/mol. The van der Waals surface area contributed by atoms with Crippen molar-refractivity contribution in [2.75, 3.05) is 13.1 Å². The number of aryl methyl sites for hydroxylation is 1. The molecule has 0 aliphatic rings. The van der Waals surface area contributed by atoms with E-state index >= 15 is 0 Å². The predicted octanol–water partition coefficient (Wildman–Crippen LogP) is 2.60. The number of carbonyl (C=O) groups is 2. The first-order chi connectivity index (χ1) is 12.0. The molecule has 5 nitrogen and oxygen atoms in total. The molecule has 3 N–H and O–H groups in total. The maximum absolute atomic E-state index is 12.3. The molecule has 2 aromatic rings. The van der Waals surface area contributed by atoms with Crippen LogP contribution in [0.4, 0.5) is 0 Å². The van der Waals surface area contributed by atoms with Crippen LogP contribution in [-0.2, 0) is 0 Å². The highest BCUT2D eigenvalue weighted by atomic mass is 16.3.